The van der Waals surface area contributed by atoms with E-state index < -0.39 is 5.97 Å². The second-order valence-electron chi connectivity index (χ2n) is 4.55. The number of carboxylic acids is 1. The number of hydrogen-bond acceptors (Lipinski definition) is 4. The van der Waals surface area contributed by atoms with Crippen LogP contribution in [0.4, 0.5) is 0 Å². The number of methoxy groups -OCH3 is 1. The average Bonchev–Trinajstić information content (AvgIpc) is 2.40. The predicted octanol–water partition coefficient (Wildman–Crippen LogP) is 1.39. The first-order chi connectivity index (χ1) is 8.69. The first-order valence-corrected chi connectivity index (χ1v) is 6.12. The van der Waals surface area contributed by atoms with Crippen molar-refractivity contribution in [2.45, 2.75) is 25.5 Å². The molecule has 5 nitrogen and oxygen atoms in total. The Bertz CT molecular complexity index is 397. The van der Waals surface area contributed by atoms with E-state index in [9.17, 15) is 4.79 Å². The molecule has 0 aromatic carbocycles. The highest BCUT2D eigenvalue weighted by Crippen LogP contribution is 2.15. The molecular weight excluding hydrogens is 232 g/mol. The highest BCUT2D eigenvalue weighted by atomic mass is 16.5. The summed E-state index contributed by atoms with van der Waals surface area (Å²) < 4.78 is 5.32. The lowest BCUT2D eigenvalue weighted by Gasteiger charge is -2.30. The molecule has 0 amide bonds. The van der Waals surface area contributed by atoms with Crippen LogP contribution in [-0.4, -0.2) is 47.3 Å². The molecule has 1 N–H and O–H groups in total. The largest absolute Gasteiger partial charge is 0.478 e. The molecule has 0 spiro atoms. The van der Waals surface area contributed by atoms with Crippen molar-refractivity contribution in [3.8, 4) is 0 Å². The van der Waals surface area contributed by atoms with Crippen molar-refractivity contribution in [2.24, 2.45) is 0 Å². The van der Waals surface area contributed by atoms with Gasteiger partial charge in [0.25, 0.3) is 0 Å². The molecule has 0 atom stereocenters. The van der Waals surface area contributed by atoms with Gasteiger partial charge in [0.05, 0.1) is 17.4 Å². The molecule has 0 bridgehead atoms. The summed E-state index contributed by atoms with van der Waals surface area (Å²) in [5.41, 5.74) is 1.15. The van der Waals surface area contributed by atoms with E-state index in [1.807, 2.05) is 0 Å². The second kappa shape index (κ2) is 5.93. The van der Waals surface area contributed by atoms with Crippen LogP contribution in [-0.2, 0) is 11.3 Å². The van der Waals surface area contributed by atoms with Gasteiger partial charge < -0.3 is 9.84 Å². The van der Waals surface area contributed by atoms with Crippen LogP contribution in [0.25, 0.3) is 0 Å². The van der Waals surface area contributed by atoms with Crippen molar-refractivity contribution in [3.63, 3.8) is 0 Å². The van der Waals surface area contributed by atoms with Gasteiger partial charge in [-0.2, -0.15) is 0 Å². The zero-order valence-corrected chi connectivity index (χ0v) is 10.5. The topological polar surface area (TPSA) is 62.7 Å². The first kappa shape index (κ1) is 13.0. The Morgan fingerprint density at radius 1 is 1.50 bits per heavy atom. The van der Waals surface area contributed by atoms with Gasteiger partial charge in [-0.3, -0.25) is 9.88 Å². The lowest BCUT2D eigenvalue weighted by Crippen LogP contribution is -2.36. The maximum absolute atomic E-state index is 10.7. The summed E-state index contributed by atoms with van der Waals surface area (Å²) in [6.45, 7) is 2.78. The predicted molar refractivity (Wildman–Crippen MR) is 66.5 cm³/mol. The summed E-state index contributed by atoms with van der Waals surface area (Å²) >= 11 is 0. The minimum atomic E-state index is -0.935. The van der Waals surface area contributed by atoms with Gasteiger partial charge in [0.15, 0.2) is 0 Å². The number of rotatable bonds is 4. The molecular formula is C13H18N2O3. The number of hydrogen-bond donors (Lipinski definition) is 1. The molecule has 1 aliphatic rings. The molecule has 1 aromatic heterocycles. The molecule has 0 saturated carbocycles. The normalized spacial score (nSPS) is 17.8. The van der Waals surface area contributed by atoms with E-state index >= 15 is 0 Å². The molecule has 1 saturated heterocycles. The number of carboxylic acid groups (broad SMARTS) is 1. The first-order valence-electron chi connectivity index (χ1n) is 6.12. The third kappa shape index (κ3) is 3.27. The lowest BCUT2D eigenvalue weighted by molar-refractivity contribution is 0.0385. The van der Waals surface area contributed by atoms with E-state index in [-0.39, 0.29) is 5.56 Å². The molecule has 98 valence electrons. The summed E-state index contributed by atoms with van der Waals surface area (Å²) in [6.07, 6.45) is 3.89. The number of likely N-dealkylation sites (tertiary alicyclic amines) is 1. The van der Waals surface area contributed by atoms with Crippen LogP contribution in [0.2, 0.25) is 0 Å². The second-order valence-corrected chi connectivity index (χ2v) is 4.55. The summed E-state index contributed by atoms with van der Waals surface area (Å²) in [4.78, 5) is 17.2. The maximum Gasteiger partial charge on any atom is 0.337 e. The van der Waals surface area contributed by atoms with E-state index in [1.165, 1.54) is 6.20 Å². The Hall–Kier alpha value is -1.46. The van der Waals surface area contributed by atoms with Gasteiger partial charge in [-0.1, -0.05) is 0 Å². The molecule has 0 aliphatic carbocycles. The van der Waals surface area contributed by atoms with Gasteiger partial charge in [-0.25, -0.2) is 4.79 Å². The zero-order valence-electron chi connectivity index (χ0n) is 10.5. The van der Waals surface area contributed by atoms with Gasteiger partial charge >= 0.3 is 5.97 Å². The Labute approximate surface area is 106 Å². The fraction of sp³-hybridized carbons (Fsp3) is 0.538. The molecule has 2 rings (SSSR count). The van der Waals surface area contributed by atoms with Gasteiger partial charge in [0.2, 0.25) is 0 Å². The van der Waals surface area contributed by atoms with Crippen LogP contribution in [0.3, 0.4) is 0 Å². The minimum absolute atomic E-state index is 0.233. The Morgan fingerprint density at radius 3 is 2.72 bits per heavy atom. The monoisotopic (exact) mass is 250 g/mol. The van der Waals surface area contributed by atoms with E-state index in [0.717, 1.165) is 38.2 Å². The Kier molecular flexibility index (Phi) is 4.28. The van der Waals surface area contributed by atoms with Crippen molar-refractivity contribution in [1.82, 2.24) is 9.88 Å². The molecule has 5 heteroatoms. The smallest absolute Gasteiger partial charge is 0.337 e. The summed E-state index contributed by atoms with van der Waals surface area (Å²) in [5.74, 6) is -0.935. The van der Waals surface area contributed by atoms with Crippen molar-refractivity contribution in [3.05, 3.63) is 29.6 Å². The zero-order chi connectivity index (χ0) is 13.0. The van der Waals surface area contributed by atoms with Crippen molar-refractivity contribution in [2.75, 3.05) is 20.2 Å². The minimum Gasteiger partial charge on any atom is -0.478 e. The third-order valence-corrected chi connectivity index (χ3v) is 3.33. The quantitative estimate of drug-likeness (QED) is 0.875. The van der Waals surface area contributed by atoms with E-state index in [0.29, 0.717) is 6.10 Å². The van der Waals surface area contributed by atoms with Crippen LogP contribution in [0, 0.1) is 0 Å². The molecule has 1 fully saturated rings. The van der Waals surface area contributed by atoms with Gasteiger partial charge in [0.1, 0.15) is 0 Å². The number of carbonyl (C=O) groups is 1. The van der Waals surface area contributed by atoms with E-state index in [1.54, 1.807) is 19.2 Å². The molecule has 18 heavy (non-hydrogen) atoms. The summed E-state index contributed by atoms with van der Waals surface area (Å²) in [7, 11) is 1.76. The maximum atomic E-state index is 10.7. The standard InChI is InChI=1S/C13H18N2O3/c1-18-12-4-6-15(7-5-12)9-11-3-2-10(8-14-11)13(16)17/h2-3,8,12H,4-7,9H2,1H3,(H,16,17). The average molecular weight is 250 g/mol. The van der Waals surface area contributed by atoms with Crippen LogP contribution in [0.5, 0.6) is 0 Å². The Balaban J connectivity index is 1.88. The number of nitrogens with zero attached hydrogens (tertiary/aromatic N) is 2. The van der Waals surface area contributed by atoms with Crippen LogP contribution < -0.4 is 0 Å². The summed E-state index contributed by atoms with van der Waals surface area (Å²) in [5, 5.41) is 8.79. The highest BCUT2D eigenvalue weighted by molar-refractivity contribution is 5.87. The van der Waals surface area contributed by atoms with Crippen molar-refractivity contribution < 1.29 is 14.6 Å². The molecule has 0 radical (unpaired) electrons. The third-order valence-electron chi connectivity index (χ3n) is 3.33. The van der Waals surface area contributed by atoms with Crippen molar-refractivity contribution in [1.29, 1.82) is 0 Å². The lowest BCUT2D eigenvalue weighted by atomic mass is 10.1. The fourth-order valence-corrected chi connectivity index (χ4v) is 2.18. The van der Waals surface area contributed by atoms with Crippen LogP contribution in [0.1, 0.15) is 28.9 Å². The molecule has 1 aromatic rings. The number of piperidine rings is 1. The van der Waals surface area contributed by atoms with Gasteiger partial charge in [-0.15, -0.1) is 0 Å². The van der Waals surface area contributed by atoms with Gasteiger partial charge in [-0.05, 0) is 25.0 Å². The molecule has 2 heterocycles. The number of pyridine rings is 1. The molecule has 0 unspecified atom stereocenters. The number of aromatic nitrogens is 1. The van der Waals surface area contributed by atoms with E-state index in [2.05, 4.69) is 9.88 Å². The van der Waals surface area contributed by atoms with E-state index in [4.69, 9.17) is 9.84 Å². The fourth-order valence-electron chi connectivity index (χ4n) is 2.18. The summed E-state index contributed by atoms with van der Waals surface area (Å²) in [6, 6.07) is 3.39. The van der Waals surface area contributed by atoms with Gasteiger partial charge in [0, 0.05) is 32.9 Å². The van der Waals surface area contributed by atoms with Crippen LogP contribution >= 0.6 is 0 Å². The van der Waals surface area contributed by atoms with Crippen molar-refractivity contribution >= 4 is 5.97 Å². The number of ether oxygens (including phenoxy) is 1. The van der Waals surface area contributed by atoms with Crippen LogP contribution in [0.15, 0.2) is 18.3 Å². The molecule has 1 aliphatic heterocycles. The highest BCUT2D eigenvalue weighted by Gasteiger charge is 2.18. The SMILES string of the molecule is COC1CCN(Cc2ccc(C(=O)O)cn2)CC1. The number of aromatic carboxylic acids is 1. The Morgan fingerprint density at radius 2 is 2.22 bits per heavy atom.